The molecule has 1 N–H and O–H groups in total. The summed E-state index contributed by atoms with van der Waals surface area (Å²) < 4.78 is 0. The molecule has 22 heavy (non-hydrogen) atoms. The van der Waals surface area contributed by atoms with Gasteiger partial charge in [-0.05, 0) is 32.1 Å². The minimum atomic E-state index is -0.0699. The summed E-state index contributed by atoms with van der Waals surface area (Å²) in [5.74, 6) is 0.903. The van der Waals surface area contributed by atoms with Gasteiger partial charge in [-0.2, -0.15) is 0 Å². The third-order valence-electron chi connectivity index (χ3n) is 4.46. The summed E-state index contributed by atoms with van der Waals surface area (Å²) in [6, 6.07) is 0. The SMILES string of the molecule is O=C1CCC(C(=O)Nc2cnc(N3CCCCC3)nc2)CC1. The zero-order chi connectivity index (χ0) is 15.4. The molecule has 0 aromatic carbocycles. The van der Waals surface area contributed by atoms with E-state index in [1.165, 1.54) is 19.3 Å². The molecule has 2 aliphatic rings. The number of hydrogen-bond acceptors (Lipinski definition) is 5. The molecule has 2 fully saturated rings. The van der Waals surface area contributed by atoms with E-state index in [0.29, 0.717) is 31.4 Å². The highest BCUT2D eigenvalue weighted by molar-refractivity contribution is 5.93. The lowest BCUT2D eigenvalue weighted by atomic mass is 9.88. The van der Waals surface area contributed by atoms with Gasteiger partial charge in [0.05, 0.1) is 18.1 Å². The number of piperidine rings is 1. The molecular formula is C16H22N4O2. The lowest BCUT2D eigenvalue weighted by Gasteiger charge is -2.26. The van der Waals surface area contributed by atoms with Crippen molar-refractivity contribution in [3.8, 4) is 0 Å². The average Bonchev–Trinajstić information content (AvgIpc) is 2.57. The van der Waals surface area contributed by atoms with Crippen LogP contribution in [-0.4, -0.2) is 34.7 Å². The van der Waals surface area contributed by atoms with Gasteiger partial charge in [0, 0.05) is 31.8 Å². The van der Waals surface area contributed by atoms with Gasteiger partial charge in [0.1, 0.15) is 5.78 Å². The predicted octanol–water partition coefficient (Wildman–Crippen LogP) is 2.16. The number of Topliss-reactive ketones (excluding diaryl/α,β-unsaturated/α-hetero) is 1. The standard InChI is InChI=1S/C16H22N4O2/c21-14-6-4-12(5-7-14)15(22)19-13-10-17-16(18-11-13)20-8-2-1-3-9-20/h10-12H,1-9H2,(H,19,22). The molecule has 2 heterocycles. The molecule has 0 bridgehead atoms. The molecule has 6 nitrogen and oxygen atoms in total. The number of aromatic nitrogens is 2. The normalized spacial score (nSPS) is 20.0. The van der Waals surface area contributed by atoms with E-state index in [9.17, 15) is 9.59 Å². The summed E-state index contributed by atoms with van der Waals surface area (Å²) in [5, 5.41) is 2.86. The van der Waals surface area contributed by atoms with Gasteiger partial charge >= 0.3 is 0 Å². The molecule has 0 unspecified atom stereocenters. The Morgan fingerprint density at radius 3 is 2.36 bits per heavy atom. The number of carbonyl (C=O) groups excluding carboxylic acids is 2. The molecule has 118 valence electrons. The molecule has 1 aliphatic heterocycles. The van der Waals surface area contributed by atoms with Gasteiger partial charge in [0.15, 0.2) is 0 Å². The Kier molecular flexibility index (Phi) is 4.65. The fourth-order valence-electron chi connectivity index (χ4n) is 3.09. The van der Waals surface area contributed by atoms with Crippen molar-refractivity contribution >= 4 is 23.3 Å². The third kappa shape index (κ3) is 3.61. The van der Waals surface area contributed by atoms with Crippen molar-refractivity contribution in [3.63, 3.8) is 0 Å². The minimum absolute atomic E-state index is 0.0261. The first-order valence-corrected chi connectivity index (χ1v) is 8.12. The topological polar surface area (TPSA) is 75.2 Å². The summed E-state index contributed by atoms with van der Waals surface area (Å²) in [5.41, 5.74) is 0.627. The first-order valence-electron chi connectivity index (χ1n) is 8.12. The molecule has 3 rings (SSSR count). The number of amides is 1. The molecule has 0 radical (unpaired) electrons. The van der Waals surface area contributed by atoms with Crippen LogP contribution in [0.25, 0.3) is 0 Å². The highest BCUT2D eigenvalue weighted by Crippen LogP contribution is 2.23. The number of rotatable bonds is 3. The van der Waals surface area contributed by atoms with E-state index < -0.39 is 0 Å². The van der Waals surface area contributed by atoms with Crippen molar-refractivity contribution in [2.75, 3.05) is 23.3 Å². The van der Waals surface area contributed by atoms with Crippen LogP contribution in [0.1, 0.15) is 44.9 Å². The highest BCUT2D eigenvalue weighted by Gasteiger charge is 2.25. The maximum Gasteiger partial charge on any atom is 0.227 e. The molecule has 1 aliphatic carbocycles. The van der Waals surface area contributed by atoms with Crippen LogP contribution in [0.4, 0.5) is 11.6 Å². The second kappa shape index (κ2) is 6.85. The van der Waals surface area contributed by atoms with Gasteiger partial charge in [-0.3, -0.25) is 9.59 Å². The van der Waals surface area contributed by atoms with E-state index in [0.717, 1.165) is 19.0 Å². The second-order valence-electron chi connectivity index (χ2n) is 6.12. The number of hydrogen-bond donors (Lipinski definition) is 1. The second-order valence-corrected chi connectivity index (χ2v) is 6.12. The van der Waals surface area contributed by atoms with Crippen LogP contribution in [0.15, 0.2) is 12.4 Å². The van der Waals surface area contributed by atoms with E-state index >= 15 is 0 Å². The van der Waals surface area contributed by atoms with Gasteiger partial charge in [-0.1, -0.05) is 0 Å². The van der Waals surface area contributed by atoms with Crippen LogP contribution in [0.5, 0.6) is 0 Å². The van der Waals surface area contributed by atoms with Gasteiger partial charge in [0.25, 0.3) is 0 Å². The Hall–Kier alpha value is -1.98. The number of anilines is 2. The Bertz CT molecular complexity index is 528. The summed E-state index contributed by atoms with van der Waals surface area (Å²) in [6.45, 7) is 2.00. The van der Waals surface area contributed by atoms with Gasteiger partial charge in [-0.25, -0.2) is 9.97 Å². The third-order valence-corrected chi connectivity index (χ3v) is 4.46. The Morgan fingerprint density at radius 1 is 1.09 bits per heavy atom. The fraction of sp³-hybridized carbons (Fsp3) is 0.625. The zero-order valence-corrected chi connectivity index (χ0v) is 12.8. The monoisotopic (exact) mass is 302 g/mol. The maximum absolute atomic E-state index is 12.2. The minimum Gasteiger partial charge on any atom is -0.341 e. The quantitative estimate of drug-likeness (QED) is 0.926. The Labute approximate surface area is 130 Å². The largest absolute Gasteiger partial charge is 0.341 e. The zero-order valence-electron chi connectivity index (χ0n) is 12.8. The van der Waals surface area contributed by atoms with Crippen LogP contribution in [0, 0.1) is 5.92 Å². The van der Waals surface area contributed by atoms with Crippen LogP contribution in [0.3, 0.4) is 0 Å². The number of nitrogens with one attached hydrogen (secondary N) is 1. The summed E-state index contributed by atoms with van der Waals surface area (Å²) in [7, 11) is 0. The lowest BCUT2D eigenvalue weighted by Crippen LogP contribution is -2.31. The lowest BCUT2D eigenvalue weighted by molar-refractivity contribution is -0.125. The van der Waals surface area contributed by atoms with Gasteiger partial charge in [0.2, 0.25) is 11.9 Å². The number of carbonyl (C=O) groups is 2. The fourth-order valence-corrected chi connectivity index (χ4v) is 3.09. The Balaban J connectivity index is 1.56. The van der Waals surface area contributed by atoms with Crippen molar-refractivity contribution in [2.24, 2.45) is 5.92 Å². The molecule has 6 heteroatoms. The van der Waals surface area contributed by atoms with Crippen molar-refractivity contribution in [2.45, 2.75) is 44.9 Å². The van der Waals surface area contributed by atoms with E-state index in [-0.39, 0.29) is 17.6 Å². The van der Waals surface area contributed by atoms with Crippen molar-refractivity contribution < 1.29 is 9.59 Å². The molecule has 1 saturated carbocycles. The van der Waals surface area contributed by atoms with E-state index in [2.05, 4.69) is 20.2 Å². The van der Waals surface area contributed by atoms with Crippen LogP contribution in [0.2, 0.25) is 0 Å². The summed E-state index contributed by atoms with van der Waals surface area (Å²) >= 11 is 0. The van der Waals surface area contributed by atoms with Crippen molar-refractivity contribution in [3.05, 3.63) is 12.4 Å². The van der Waals surface area contributed by atoms with E-state index in [4.69, 9.17) is 0 Å². The molecule has 1 aromatic heterocycles. The predicted molar refractivity (Wildman–Crippen MR) is 83.7 cm³/mol. The molecule has 1 saturated heterocycles. The maximum atomic E-state index is 12.2. The molecule has 1 amide bonds. The highest BCUT2D eigenvalue weighted by atomic mass is 16.2. The van der Waals surface area contributed by atoms with Crippen molar-refractivity contribution in [1.82, 2.24) is 9.97 Å². The van der Waals surface area contributed by atoms with Gasteiger partial charge < -0.3 is 10.2 Å². The molecule has 0 spiro atoms. The van der Waals surface area contributed by atoms with Crippen LogP contribution >= 0.6 is 0 Å². The van der Waals surface area contributed by atoms with Crippen LogP contribution < -0.4 is 10.2 Å². The molecular weight excluding hydrogens is 280 g/mol. The van der Waals surface area contributed by atoms with Crippen LogP contribution in [-0.2, 0) is 9.59 Å². The van der Waals surface area contributed by atoms with Crippen molar-refractivity contribution in [1.29, 1.82) is 0 Å². The number of nitrogens with zero attached hydrogens (tertiary/aromatic N) is 3. The molecule has 0 atom stereocenters. The summed E-state index contributed by atoms with van der Waals surface area (Å²) in [4.78, 5) is 34.3. The average molecular weight is 302 g/mol. The summed E-state index contributed by atoms with van der Waals surface area (Å²) in [6.07, 6.45) is 9.31. The smallest absolute Gasteiger partial charge is 0.227 e. The van der Waals surface area contributed by atoms with Gasteiger partial charge in [-0.15, -0.1) is 0 Å². The number of ketones is 1. The van der Waals surface area contributed by atoms with E-state index in [1.807, 2.05) is 0 Å². The van der Waals surface area contributed by atoms with E-state index in [1.54, 1.807) is 12.4 Å². The Morgan fingerprint density at radius 2 is 1.73 bits per heavy atom. The first kappa shape index (κ1) is 14.9. The molecule has 1 aromatic rings. The first-order chi connectivity index (χ1) is 10.7.